The second-order valence-electron chi connectivity index (χ2n) is 11.8. The van der Waals surface area contributed by atoms with Crippen LogP contribution in [0.15, 0.2) is 34.2 Å². The maximum absolute atomic E-state index is 13.9. The van der Waals surface area contributed by atoms with Crippen LogP contribution in [-0.4, -0.2) is 67.7 Å². The van der Waals surface area contributed by atoms with E-state index in [0.29, 0.717) is 23.6 Å². The van der Waals surface area contributed by atoms with Gasteiger partial charge in [0.2, 0.25) is 5.71 Å². The third kappa shape index (κ3) is 4.75. The predicted molar refractivity (Wildman–Crippen MR) is 143 cm³/mol. The molecule has 2 aliphatic carbocycles. The lowest BCUT2D eigenvalue weighted by Gasteiger charge is -2.48. The summed E-state index contributed by atoms with van der Waals surface area (Å²) in [7, 11) is 0. The Bertz CT molecular complexity index is 1250. The average molecular weight is 523 g/mol. The maximum atomic E-state index is 13.9. The van der Waals surface area contributed by atoms with Crippen LogP contribution in [0, 0.1) is 11.8 Å². The van der Waals surface area contributed by atoms with Crippen molar-refractivity contribution in [3.63, 3.8) is 0 Å². The number of piperidine rings is 1. The van der Waals surface area contributed by atoms with Gasteiger partial charge >= 0.3 is 5.97 Å². The van der Waals surface area contributed by atoms with E-state index in [4.69, 9.17) is 9.94 Å². The van der Waals surface area contributed by atoms with Gasteiger partial charge in [0.1, 0.15) is 6.61 Å². The van der Waals surface area contributed by atoms with Crippen LogP contribution >= 0.6 is 0 Å². The zero-order valence-electron chi connectivity index (χ0n) is 21.9. The number of benzene rings is 1. The van der Waals surface area contributed by atoms with Gasteiger partial charge in [-0.3, -0.25) is 9.69 Å². The molecule has 9 nitrogen and oxygen atoms in total. The molecule has 0 amide bonds. The number of carboxylic acids is 1. The van der Waals surface area contributed by atoms with Gasteiger partial charge in [0.05, 0.1) is 17.6 Å². The fourth-order valence-corrected chi connectivity index (χ4v) is 8.11. The Kier molecular flexibility index (Phi) is 7.22. The number of oxime groups is 1. The summed E-state index contributed by atoms with van der Waals surface area (Å²) < 4.78 is 1.78. The lowest BCUT2D eigenvalue weighted by Crippen LogP contribution is -2.52. The number of carboxylic acid groups (broad SMARTS) is 1. The summed E-state index contributed by atoms with van der Waals surface area (Å²) in [5, 5.41) is 22.5. The molecule has 3 unspecified atom stereocenters. The molecule has 1 aromatic heterocycles. The number of hydrogen-bond donors (Lipinski definition) is 2. The van der Waals surface area contributed by atoms with Gasteiger partial charge in [-0.15, -0.1) is 0 Å². The highest BCUT2D eigenvalue weighted by atomic mass is 16.6. The Labute approximate surface area is 222 Å². The highest BCUT2D eigenvalue weighted by Crippen LogP contribution is 2.47. The molecule has 4 aliphatic rings. The second kappa shape index (κ2) is 10.8. The molecule has 1 aromatic carbocycles. The molecule has 38 heavy (non-hydrogen) atoms. The standard InChI is InChI=1S/C29H38N4O5/c34-11-12-38-31-27(29(36)37)26-28(35)33(25-8-4-3-7-24(25)30-26)23-16-20-9-10-21(17-23)32(20)22-14-18-5-1-2-6-19(13-18)15-22/h3-4,7-8,18-23,34H,1-2,5-6,9-17H2,(H,36,37)/t18?,19?,20-,21+,22?,23?. The van der Waals surface area contributed by atoms with Crippen LogP contribution in [0.5, 0.6) is 0 Å². The van der Waals surface area contributed by atoms with Crippen LogP contribution in [0.1, 0.15) is 82.4 Å². The number of aliphatic hydroxyl groups is 1. The third-order valence-corrected chi connectivity index (χ3v) is 9.46. The number of fused-ring (bicyclic) bond motifs is 5. The van der Waals surface area contributed by atoms with Crippen LogP contribution in [0.3, 0.4) is 0 Å². The first-order chi connectivity index (χ1) is 18.5. The lowest BCUT2D eigenvalue weighted by atomic mass is 9.76. The van der Waals surface area contributed by atoms with Crippen molar-refractivity contribution in [3.05, 3.63) is 40.3 Å². The van der Waals surface area contributed by atoms with Crippen molar-refractivity contribution in [2.45, 2.75) is 94.8 Å². The minimum absolute atomic E-state index is 0.0258. The molecule has 6 rings (SSSR count). The zero-order chi connectivity index (χ0) is 26.2. The van der Waals surface area contributed by atoms with Gasteiger partial charge < -0.3 is 19.6 Å². The molecule has 2 aromatic rings. The molecule has 2 aliphatic heterocycles. The summed E-state index contributed by atoms with van der Waals surface area (Å²) in [4.78, 5) is 38.1. The summed E-state index contributed by atoms with van der Waals surface area (Å²) in [6, 6.07) is 8.96. The Morgan fingerprint density at radius 2 is 1.63 bits per heavy atom. The molecule has 0 spiro atoms. The summed E-state index contributed by atoms with van der Waals surface area (Å²) in [6.45, 7) is -0.473. The van der Waals surface area contributed by atoms with E-state index in [1.165, 1.54) is 44.9 Å². The van der Waals surface area contributed by atoms with Crippen LogP contribution < -0.4 is 5.56 Å². The number of carbonyl (C=O) groups is 1. The fraction of sp³-hybridized carbons (Fsp3) is 0.655. The van der Waals surface area contributed by atoms with Crippen molar-refractivity contribution in [2.24, 2.45) is 17.0 Å². The Hall–Kier alpha value is -2.78. The quantitative estimate of drug-likeness (QED) is 0.323. The zero-order valence-corrected chi connectivity index (χ0v) is 21.9. The molecule has 2 N–H and O–H groups in total. The van der Waals surface area contributed by atoms with E-state index in [1.54, 1.807) is 10.6 Å². The van der Waals surface area contributed by atoms with Gasteiger partial charge in [-0.2, -0.15) is 0 Å². The van der Waals surface area contributed by atoms with E-state index in [0.717, 1.165) is 43.0 Å². The van der Waals surface area contributed by atoms with Crippen molar-refractivity contribution in [1.82, 2.24) is 14.5 Å². The summed E-state index contributed by atoms with van der Waals surface area (Å²) in [6.07, 6.45) is 13.7. The lowest BCUT2D eigenvalue weighted by molar-refractivity contribution is -0.129. The van der Waals surface area contributed by atoms with E-state index in [-0.39, 0.29) is 24.9 Å². The summed E-state index contributed by atoms with van der Waals surface area (Å²) in [5.41, 5.74) is 0.0839. The van der Waals surface area contributed by atoms with Gasteiger partial charge in [0.15, 0.2) is 5.69 Å². The van der Waals surface area contributed by atoms with Crippen molar-refractivity contribution in [3.8, 4) is 0 Å². The molecule has 4 bridgehead atoms. The molecule has 204 valence electrons. The summed E-state index contributed by atoms with van der Waals surface area (Å²) in [5.74, 6) is 0.354. The monoisotopic (exact) mass is 522 g/mol. The van der Waals surface area contributed by atoms with Gasteiger partial charge in [-0.25, -0.2) is 9.78 Å². The Morgan fingerprint density at radius 3 is 2.29 bits per heavy atom. The van der Waals surface area contributed by atoms with Crippen molar-refractivity contribution in [1.29, 1.82) is 0 Å². The van der Waals surface area contributed by atoms with Crippen molar-refractivity contribution < 1.29 is 19.8 Å². The topological polar surface area (TPSA) is 117 Å². The van der Waals surface area contributed by atoms with E-state index < -0.39 is 17.2 Å². The maximum Gasteiger partial charge on any atom is 0.360 e. The van der Waals surface area contributed by atoms with Gasteiger partial charge in [0.25, 0.3) is 5.56 Å². The first kappa shape index (κ1) is 25.5. The van der Waals surface area contributed by atoms with Gasteiger partial charge in [0, 0.05) is 24.2 Å². The highest BCUT2D eigenvalue weighted by molar-refractivity contribution is 6.41. The van der Waals surface area contributed by atoms with E-state index in [9.17, 15) is 14.7 Å². The van der Waals surface area contributed by atoms with Crippen molar-refractivity contribution in [2.75, 3.05) is 13.2 Å². The SMILES string of the molecule is O=C(O)C(=NOCCO)c1nc2ccccc2n(C2C[C@H]3CC[C@@H](C2)N3C2CC3CCCCC(C3)C2)c1=O. The highest BCUT2D eigenvalue weighted by Gasteiger charge is 2.47. The largest absolute Gasteiger partial charge is 0.476 e. The molecule has 5 atom stereocenters. The van der Waals surface area contributed by atoms with Gasteiger partial charge in [-0.05, 0) is 68.9 Å². The number of aliphatic hydroxyl groups excluding tert-OH is 1. The number of aromatic nitrogens is 2. The third-order valence-electron chi connectivity index (χ3n) is 9.46. The molecule has 3 heterocycles. The summed E-state index contributed by atoms with van der Waals surface area (Å²) >= 11 is 0. The number of hydrogen-bond acceptors (Lipinski definition) is 7. The average Bonchev–Trinajstić information content (AvgIpc) is 3.06. The number of aliphatic carboxylic acids is 1. The fourth-order valence-electron chi connectivity index (χ4n) is 8.11. The molecule has 2 saturated carbocycles. The molecule has 2 saturated heterocycles. The van der Waals surface area contributed by atoms with Gasteiger partial charge in [-0.1, -0.05) is 43.0 Å². The van der Waals surface area contributed by atoms with Crippen LogP contribution in [0.4, 0.5) is 0 Å². The number of nitrogens with zero attached hydrogens (tertiary/aromatic N) is 4. The number of para-hydroxylation sites is 2. The number of rotatable bonds is 7. The molecule has 0 radical (unpaired) electrons. The second-order valence-corrected chi connectivity index (χ2v) is 11.8. The minimum Gasteiger partial charge on any atom is -0.476 e. The van der Waals surface area contributed by atoms with E-state index in [2.05, 4.69) is 15.0 Å². The van der Waals surface area contributed by atoms with Crippen LogP contribution in [-0.2, 0) is 9.63 Å². The first-order valence-corrected chi connectivity index (χ1v) is 14.4. The van der Waals surface area contributed by atoms with E-state index >= 15 is 0 Å². The van der Waals surface area contributed by atoms with E-state index in [1.807, 2.05) is 18.2 Å². The smallest absolute Gasteiger partial charge is 0.360 e. The van der Waals surface area contributed by atoms with Crippen LogP contribution in [0.2, 0.25) is 0 Å². The molecule has 9 heteroatoms. The Morgan fingerprint density at radius 1 is 0.947 bits per heavy atom. The van der Waals surface area contributed by atoms with Crippen LogP contribution in [0.25, 0.3) is 11.0 Å². The first-order valence-electron chi connectivity index (χ1n) is 14.4. The molecular formula is C29H38N4O5. The Balaban J connectivity index is 1.33. The minimum atomic E-state index is -1.39. The molecular weight excluding hydrogens is 484 g/mol. The molecule has 4 fully saturated rings. The van der Waals surface area contributed by atoms with Crippen molar-refractivity contribution >= 4 is 22.7 Å². The normalized spacial score (nSPS) is 31.8. The predicted octanol–water partition coefficient (Wildman–Crippen LogP) is 3.72.